The molecule has 0 saturated carbocycles. The highest BCUT2D eigenvalue weighted by Crippen LogP contribution is 2.36. The summed E-state index contributed by atoms with van der Waals surface area (Å²) in [4.78, 5) is 12.2. The van der Waals surface area contributed by atoms with Crippen LogP contribution in [0.3, 0.4) is 0 Å². The van der Waals surface area contributed by atoms with Crippen LogP contribution in [-0.2, 0) is 0 Å². The normalized spacial score (nSPS) is 10.8. The lowest BCUT2D eigenvalue weighted by atomic mass is 10.0. The molecule has 0 aliphatic carbocycles. The van der Waals surface area contributed by atoms with E-state index < -0.39 is 17.8 Å². The molecule has 0 aliphatic rings. The van der Waals surface area contributed by atoms with E-state index in [1.165, 1.54) is 30.3 Å². The highest BCUT2D eigenvalue weighted by atomic mass is 19.1. The number of fused-ring (bicyclic) bond motifs is 2. The number of benzene rings is 4. The van der Waals surface area contributed by atoms with E-state index in [2.05, 4.69) is 0 Å². The Morgan fingerprint density at radius 1 is 0.731 bits per heavy atom. The van der Waals surface area contributed by atoms with Crippen molar-refractivity contribution < 1.29 is 23.0 Å². The molecule has 0 unspecified atom stereocenters. The number of hydrogen-bond donors (Lipinski definition) is 0. The number of para-hydroxylation sites is 1. The SMILES string of the molecule is O=C(Oc1ccccc1)Oc1c2cc(F)ccc2cc2c(F)cccc12. The lowest BCUT2D eigenvalue weighted by Gasteiger charge is -2.12. The minimum atomic E-state index is -0.987. The first-order valence-corrected chi connectivity index (χ1v) is 7.87. The highest BCUT2D eigenvalue weighted by molar-refractivity contribution is 6.06. The van der Waals surface area contributed by atoms with Crippen molar-refractivity contribution in [1.82, 2.24) is 0 Å². The molecule has 0 aromatic heterocycles. The largest absolute Gasteiger partial charge is 0.519 e. The van der Waals surface area contributed by atoms with Gasteiger partial charge in [0.2, 0.25) is 0 Å². The maximum Gasteiger partial charge on any atom is 0.519 e. The third kappa shape index (κ3) is 2.95. The van der Waals surface area contributed by atoms with Crippen LogP contribution in [-0.4, -0.2) is 6.16 Å². The Morgan fingerprint density at radius 3 is 2.35 bits per heavy atom. The zero-order chi connectivity index (χ0) is 18.1. The molecule has 4 aromatic rings. The summed E-state index contributed by atoms with van der Waals surface area (Å²) in [7, 11) is 0. The van der Waals surface area contributed by atoms with Crippen molar-refractivity contribution in [3.8, 4) is 11.5 Å². The molecule has 0 N–H and O–H groups in total. The first-order chi connectivity index (χ1) is 12.6. The van der Waals surface area contributed by atoms with Crippen LogP contribution < -0.4 is 9.47 Å². The molecule has 0 amide bonds. The fraction of sp³-hybridized carbons (Fsp3) is 0. The van der Waals surface area contributed by atoms with Gasteiger partial charge in [-0.3, -0.25) is 0 Å². The molecule has 0 bridgehead atoms. The molecule has 0 saturated heterocycles. The van der Waals surface area contributed by atoms with Crippen LogP contribution in [0.25, 0.3) is 21.5 Å². The van der Waals surface area contributed by atoms with E-state index in [4.69, 9.17) is 9.47 Å². The van der Waals surface area contributed by atoms with Crippen LogP contribution in [0.15, 0.2) is 72.8 Å². The summed E-state index contributed by atoms with van der Waals surface area (Å²) in [5.41, 5.74) is 0. The second kappa shape index (κ2) is 6.44. The molecule has 3 nitrogen and oxygen atoms in total. The summed E-state index contributed by atoms with van der Waals surface area (Å²) in [5.74, 6) is -0.596. The highest BCUT2D eigenvalue weighted by Gasteiger charge is 2.17. The average Bonchev–Trinajstić information content (AvgIpc) is 2.63. The third-order valence-electron chi connectivity index (χ3n) is 3.99. The molecular weight excluding hydrogens is 338 g/mol. The number of ether oxygens (including phenoxy) is 2. The molecule has 0 radical (unpaired) electrons. The zero-order valence-electron chi connectivity index (χ0n) is 13.4. The maximum absolute atomic E-state index is 14.2. The van der Waals surface area contributed by atoms with Crippen molar-refractivity contribution in [1.29, 1.82) is 0 Å². The smallest absolute Gasteiger partial charge is 0.395 e. The van der Waals surface area contributed by atoms with Gasteiger partial charge in [-0.25, -0.2) is 13.6 Å². The summed E-state index contributed by atoms with van der Waals surface area (Å²) in [6, 6.07) is 18.4. The Labute approximate surface area is 147 Å². The topological polar surface area (TPSA) is 35.5 Å². The molecular formula is C21H12F2O3. The first kappa shape index (κ1) is 16.0. The standard InChI is InChI=1S/C21H12F2O3/c22-14-10-9-13-11-18-16(7-4-8-19(18)23)20(17(13)12-14)26-21(24)25-15-5-2-1-3-6-15/h1-12H. The second-order valence-corrected chi connectivity index (χ2v) is 5.67. The lowest BCUT2D eigenvalue weighted by molar-refractivity contribution is 0.153. The van der Waals surface area contributed by atoms with Crippen molar-refractivity contribution >= 4 is 27.7 Å². The Morgan fingerprint density at radius 2 is 1.54 bits per heavy atom. The maximum atomic E-state index is 14.2. The average molecular weight is 350 g/mol. The quantitative estimate of drug-likeness (QED) is 0.258. The van der Waals surface area contributed by atoms with E-state index in [0.717, 1.165) is 0 Å². The molecule has 0 fully saturated rings. The minimum absolute atomic E-state index is 0.0532. The Kier molecular flexibility index (Phi) is 3.97. The van der Waals surface area contributed by atoms with Crippen LogP contribution in [0.2, 0.25) is 0 Å². The second-order valence-electron chi connectivity index (χ2n) is 5.67. The Balaban J connectivity index is 1.84. The molecule has 0 atom stereocenters. The number of carbonyl (C=O) groups is 1. The summed E-state index contributed by atoms with van der Waals surface area (Å²) in [5, 5.41) is 1.53. The Bertz CT molecular complexity index is 1120. The molecule has 128 valence electrons. The summed E-state index contributed by atoms with van der Waals surface area (Å²) < 4.78 is 38.4. The molecule has 0 heterocycles. The van der Waals surface area contributed by atoms with E-state index in [1.807, 2.05) is 0 Å². The molecule has 0 aliphatic heterocycles. The predicted molar refractivity (Wildman–Crippen MR) is 94.5 cm³/mol. The fourth-order valence-corrected chi connectivity index (χ4v) is 2.83. The van der Waals surface area contributed by atoms with E-state index in [1.54, 1.807) is 42.5 Å². The van der Waals surface area contributed by atoms with Crippen LogP contribution in [0, 0.1) is 11.6 Å². The first-order valence-electron chi connectivity index (χ1n) is 7.87. The number of hydrogen-bond acceptors (Lipinski definition) is 3. The monoisotopic (exact) mass is 350 g/mol. The van der Waals surface area contributed by atoms with Crippen molar-refractivity contribution in [3.05, 3.63) is 84.4 Å². The Hall–Kier alpha value is -3.47. The van der Waals surface area contributed by atoms with Crippen LogP contribution in [0.4, 0.5) is 13.6 Å². The lowest BCUT2D eigenvalue weighted by Crippen LogP contribution is -2.14. The van der Waals surface area contributed by atoms with Gasteiger partial charge in [0, 0.05) is 16.2 Å². The van der Waals surface area contributed by atoms with E-state index >= 15 is 0 Å². The van der Waals surface area contributed by atoms with E-state index in [-0.39, 0.29) is 11.1 Å². The van der Waals surface area contributed by atoms with E-state index in [0.29, 0.717) is 21.9 Å². The van der Waals surface area contributed by atoms with Gasteiger partial charge in [-0.15, -0.1) is 0 Å². The summed E-state index contributed by atoms with van der Waals surface area (Å²) in [6.45, 7) is 0. The minimum Gasteiger partial charge on any atom is -0.395 e. The number of carbonyl (C=O) groups excluding carboxylic acids is 1. The van der Waals surface area contributed by atoms with Gasteiger partial charge in [0.25, 0.3) is 0 Å². The van der Waals surface area contributed by atoms with Crippen molar-refractivity contribution in [2.24, 2.45) is 0 Å². The zero-order valence-corrected chi connectivity index (χ0v) is 13.4. The molecule has 4 rings (SSSR count). The molecule has 5 heteroatoms. The van der Waals surface area contributed by atoms with Gasteiger partial charge in [-0.2, -0.15) is 0 Å². The van der Waals surface area contributed by atoms with E-state index in [9.17, 15) is 13.6 Å². The van der Waals surface area contributed by atoms with Crippen molar-refractivity contribution in [2.75, 3.05) is 0 Å². The van der Waals surface area contributed by atoms with Crippen molar-refractivity contribution in [3.63, 3.8) is 0 Å². The third-order valence-corrected chi connectivity index (χ3v) is 3.99. The number of halogens is 2. The van der Waals surface area contributed by atoms with Gasteiger partial charge in [-0.1, -0.05) is 36.4 Å². The molecule has 0 spiro atoms. The van der Waals surface area contributed by atoms with Crippen LogP contribution >= 0.6 is 0 Å². The molecule has 26 heavy (non-hydrogen) atoms. The van der Waals surface area contributed by atoms with Gasteiger partial charge in [0.05, 0.1) is 0 Å². The molecule has 4 aromatic carbocycles. The van der Waals surface area contributed by atoms with Crippen molar-refractivity contribution in [2.45, 2.75) is 0 Å². The summed E-state index contributed by atoms with van der Waals surface area (Å²) in [6.07, 6.45) is -0.987. The van der Waals surface area contributed by atoms with Gasteiger partial charge in [-0.05, 0) is 41.8 Å². The summed E-state index contributed by atoms with van der Waals surface area (Å²) >= 11 is 0. The number of rotatable bonds is 2. The van der Waals surface area contributed by atoms with Crippen LogP contribution in [0.1, 0.15) is 0 Å². The van der Waals surface area contributed by atoms with Gasteiger partial charge >= 0.3 is 6.16 Å². The van der Waals surface area contributed by atoms with Gasteiger partial charge < -0.3 is 9.47 Å². The van der Waals surface area contributed by atoms with Gasteiger partial charge in [0.15, 0.2) is 0 Å². The fourth-order valence-electron chi connectivity index (χ4n) is 2.83. The van der Waals surface area contributed by atoms with Crippen LogP contribution in [0.5, 0.6) is 11.5 Å². The predicted octanol–water partition coefficient (Wildman–Crippen LogP) is 5.85. The van der Waals surface area contributed by atoms with Gasteiger partial charge in [0.1, 0.15) is 23.1 Å².